The summed E-state index contributed by atoms with van der Waals surface area (Å²) < 4.78 is 14.2. The minimum atomic E-state index is -3.10. The first-order valence-electron chi connectivity index (χ1n) is 3.56. The second-order valence-electron chi connectivity index (χ2n) is 2.20. The highest BCUT2D eigenvalue weighted by molar-refractivity contribution is 7.32. The Morgan fingerprint density at radius 3 is 2.27 bits per heavy atom. The second-order valence-corrected chi connectivity index (χ2v) is 2.94. The van der Waals surface area contributed by atoms with Crippen LogP contribution < -0.4 is 0 Å². The van der Waals surface area contributed by atoms with Crippen LogP contribution in [0.3, 0.4) is 0 Å². The molecule has 0 saturated heterocycles. The molecule has 0 aliphatic rings. The van der Waals surface area contributed by atoms with Gasteiger partial charge < -0.3 is 9.42 Å². The molecule has 0 saturated carbocycles. The van der Waals surface area contributed by atoms with Gasteiger partial charge in [-0.25, -0.2) is 4.57 Å². The summed E-state index contributed by atoms with van der Waals surface area (Å²) in [5, 5.41) is 0. The van der Waals surface area contributed by atoms with E-state index in [0.29, 0.717) is 12.8 Å². The van der Waals surface area contributed by atoms with Gasteiger partial charge in [0.05, 0.1) is 5.92 Å². The van der Waals surface area contributed by atoms with Gasteiger partial charge in [-0.15, -0.1) is 0 Å². The zero-order valence-electron chi connectivity index (χ0n) is 6.66. The lowest BCUT2D eigenvalue weighted by Crippen LogP contribution is -2.12. The third-order valence-electron chi connectivity index (χ3n) is 1.51. The number of carbonyl (C=O) groups excluding carboxylic acids is 1. The zero-order chi connectivity index (χ0) is 8.85. The summed E-state index contributed by atoms with van der Waals surface area (Å²) in [5.41, 5.74) is 0. The number of hydrogen-bond donors (Lipinski definition) is 1. The van der Waals surface area contributed by atoms with Crippen molar-refractivity contribution in [2.75, 3.05) is 0 Å². The van der Waals surface area contributed by atoms with Crippen LogP contribution in [0.25, 0.3) is 0 Å². The van der Waals surface area contributed by atoms with Crippen LogP contribution in [-0.2, 0) is 13.9 Å². The first-order valence-corrected chi connectivity index (χ1v) is 4.82. The molecule has 0 heterocycles. The molecule has 0 aromatic heterocycles. The van der Waals surface area contributed by atoms with Crippen molar-refractivity contribution < 1.29 is 18.8 Å². The molecule has 0 spiro atoms. The van der Waals surface area contributed by atoms with Gasteiger partial charge in [0.2, 0.25) is 0 Å². The highest BCUT2D eigenvalue weighted by Gasteiger charge is 2.16. The SMILES string of the molecule is CCC(CC)C(=O)O[PH](=O)O. The highest BCUT2D eigenvalue weighted by atomic mass is 31.1. The number of rotatable bonds is 4. The molecular weight excluding hydrogens is 167 g/mol. The standard InChI is InChI=1S/C6H13O4P/c1-3-5(4-2)6(7)10-11(8)9/h5,11H,3-4H2,1-2H3,(H,8,9). The molecule has 1 N–H and O–H groups in total. The molecule has 66 valence electrons. The van der Waals surface area contributed by atoms with Gasteiger partial charge in [-0.1, -0.05) is 13.8 Å². The summed E-state index contributed by atoms with van der Waals surface area (Å²) >= 11 is 0. The van der Waals surface area contributed by atoms with Gasteiger partial charge in [0.15, 0.2) is 0 Å². The van der Waals surface area contributed by atoms with E-state index in [1.165, 1.54) is 0 Å². The van der Waals surface area contributed by atoms with Gasteiger partial charge in [0.1, 0.15) is 0 Å². The fourth-order valence-corrected chi connectivity index (χ4v) is 1.13. The molecule has 11 heavy (non-hydrogen) atoms. The Morgan fingerprint density at radius 1 is 1.55 bits per heavy atom. The van der Waals surface area contributed by atoms with Crippen LogP contribution in [0.15, 0.2) is 0 Å². The van der Waals surface area contributed by atoms with Crippen molar-refractivity contribution in [1.82, 2.24) is 0 Å². The van der Waals surface area contributed by atoms with E-state index in [1.54, 1.807) is 0 Å². The van der Waals surface area contributed by atoms with Crippen LogP contribution in [-0.4, -0.2) is 10.9 Å². The Morgan fingerprint density at radius 2 is 2.00 bits per heavy atom. The van der Waals surface area contributed by atoms with Crippen molar-refractivity contribution in [3.8, 4) is 0 Å². The molecule has 0 amide bonds. The first-order chi connectivity index (χ1) is 5.11. The summed E-state index contributed by atoms with van der Waals surface area (Å²) in [4.78, 5) is 19.1. The largest absolute Gasteiger partial charge is 0.393 e. The molecule has 0 aliphatic carbocycles. The molecule has 0 fully saturated rings. The van der Waals surface area contributed by atoms with Gasteiger partial charge in [0, 0.05) is 0 Å². The maximum atomic E-state index is 10.9. The lowest BCUT2D eigenvalue weighted by molar-refractivity contribution is -0.139. The van der Waals surface area contributed by atoms with E-state index in [4.69, 9.17) is 4.89 Å². The topological polar surface area (TPSA) is 63.6 Å². The lowest BCUT2D eigenvalue weighted by atomic mass is 10.0. The second kappa shape index (κ2) is 5.33. The Kier molecular flexibility index (Phi) is 5.16. The van der Waals surface area contributed by atoms with Gasteiger partial charge in [-0.3, -0.25) is 4.79 Å². The van der Waals surface area contributed by atoms with Gasteiger partial charge in [-0.2, -0.15) is 0 Å². The van der Waals surface area contributed by atoms with Crippen molar-refractivity contribution >= 4 is 14.2 Å². The Hall–Kier alpha value is -0.340. The fourth-order valence-electron chi connectivity index (χ4n) is 0.791. The molecule has 0 aromatic carbocycles. The maximum Gasteiger partial charge on any atom is 0.367 e. The quantitative estimate of drug-likeness (QED) is 0.663. The minimum absolute atomic E-state index is 0.240. The van der Waals surface area contributed by atoms with Gasteiger partial charge in [0.25, 0.3) is 0 Å². The van der Waals surface area contributed by atoms with E-state index in [-0.39, 0.29) is 5.92 Å². The minimum Gasteiger partial charge on any atom is -0.393 e. The van der Waals surface area contributed by atoms with Crippen LogP contribution in [0.2, 0.25) is 0 Å². The molecule has 0 radical (unpaired) electrons. The van der Waals surface area contributed by atoms with Gasteiger partial charge in [-0.05, 0) is 12.8 Å². The molecule has 0 rings (SSSR count). The fraction of sp³-hybridized carbons (Fsp3) is 0.833. The average Bonchev–Trinajstić information content (AvgIpc) is 1.88. The normalized spacial score (nSPS) is 13.1. The smallest absolute Gasteiger partial charge is 0.367 e. The van der Waals surface area contributed by atoms with Crippen LogP contribution >= 0.6 is 8.25 Å². The van der Waals surface area contributed by atoms with E-state index in [0.717, 1.165) is 0 Å². The molecule has 0 aliphatic heterocycles. The number of hydrogen-bond acceptors (Lipinski definition) is 3. The summed E-state index contributed by atoms with van der Waals surface area (Å²) in [6.07, 6.45) is 1.29. The molecule has 0 bridgehead atoms. The van der Waals surface area contributed by atoms with E-state index >= 15 is 0 Å². The maximum absolute atomic E-state index is 10.9. The van der Waals surface area contributed by atoms with Crippen molar-refractivity contribution in [2.24, 2.45) is 5.92 Å². The Labute approximate surface area is 66.5 Å². The monoisotopic (exact) mass is 180 g/mol. The van der Waals surface area contributed by atoms with E-state index in [1.807, 2.05) is 13.8 Å². The van der Waals surface area contributed by atoms with Crippen LogP contribution in [0.1, 0.15) is 26.7 Å². The summed E-state index contributed by atoms with van der Waals surface area (Å²) in [6.45, 7) is 3.67. The van der Waals surface area contributed by atoms with Crippen LogP contribution in [0.4, 0.5) is 0 Å². The predicted octanol–water partition coefficient (Wildman–Crippen LogP) is 1.35. The van der Waals surface area contributed by atoms with Crippen molar-refractivity contribution in [2.45, 2.75) is 26.7 Å². The van der Waals surface area contributed by atoms with Crippen molar-refractivity contribution in [3.05, 3.63) is 0 Å². The molecular formula is C6H13O4P. The molecule has 5 heteroatoms. The molecule has 0 aromatic rings. The van der Waals surface area contributed by atoms with Crippen molar-refractivity contribution in [1.29, 1.82) is 0 Å². The van der Waals surface area contributed by atoms with Crippen molar-refractivity contribution in [3.63, 3.8) is 0 Å². The third-order valence-corrected chi connectivity index (χ3v) is 1.88. The van der Waals surface area contributed by atoms with E-state index in [9.17, 15) is 9.36 Å². The summed E-state index contributed by atoms with van der Waals surface area (Å²) in [5.74, 6) is -0.808. The third kappa shape index (κ3) is 4.17. The van der Waals surface area contributed by atoms with Gasteiger partial charge >= 0.3 is 14.2 Å². The Balaban J connectivity index is 3.89. The zero-order valence-corrected chi connectivity index (χ0v) is 7.66. The first kappa shape index (κ1) is 10.7. The Bertz CT molecular complexity index is 153. The summed E-state index contributed by atoms with van der Waals surface area (Å²) in [7, 11) is -3.10. The molecule has 1 unspecified atom stereocenters. The van der Waals surface area contributed by atoms with Crippen LogP contribution in [0.5, 0.6) is 0 Å². The molecule has 1 atom stereocenters. The van der Waals surface area contributed by atoms with E-state index < -0.39 is 14.2 Å². The predicted molar refractivity (Wildman–Crippen MR) is 41.4 cm³/mol. The van der Waals surface area contributed by atoms with E-state index in [2.05, 4.69) is 4.52 Å². The molecule has 4 nitrogen and oxygen atoms in total. The average molecular weight is 180 g/mol. The lowest BCUT2D eigenvalue weighted by Gasteiger charge is -2.08. The summed E-state index contributed by atoms with van der Waals surface area (Å²) in [6, 6.07) is 0. The highest BCUT2D eigenvalue weighted by Crippen LogP contribution is 2.20. The number of carbonyl (C=O) groups is 1. The van der Waals surface area contributed by atoms with Crippen LogP contribution in [0, 0.1) is 5.92 Å².